The maximum atomic E-state index is 12.7. The highest BCUT2D eigenvalue weighted by molar-refractivity contribution is 7.89. The first kappa shape index (κ1) is 14.2. The summed E-state index contributed by atoms with van der Waals surface area (Å²) < 4.78 is 37.0. The van der Waals surface area contributed by atoms with Crippen LogP contribution in [0.1, 0.15) is 6.92 Å². The number of benzene rings is 1. The van der Waals surface area contributed by atoms with E-state index in [1.807, 2.05) is 0 Å². The lowest BCUT2D eigenvalue weighted by Gasteiger charge is -2.17. The van der Waals surface area contributed by atoms with Crippen molar-refractivity contribution in [2.45, 2.75) is 11.8 Å². The lowest BCUT2D eigenvalue weighted by Crippen LogP contribution is -2.30. The zero-order chi connectivity index (χ0) is 15.2. The number of aliphatic carboxylic acids is 1. The first-order valence-corrected chi connectivity index (χ1v) is 7.97. The molecule has 2 atom stereocenters. The van der Waals surface area contributed by atoms with Crippen molar-refractivity contribution in [1.29, 1.82) is 0 Å². The lowest BCUT2D eigenvalue weighted by atomic mass is 9.99. The van der Waals surface area contributed by atoms with Crippen LogP contribution in [0.25, 0.3) is 0 Å². The van der Waals surface area contributed by atoms with Crippen LogP contribution in [0.2, 0.25) is 0 Å². The van der Waals surface area contributed by atoms with Gasteiger partial charge in [-0.3, -0.25) is 4.79 Å². The summed E-state index contributed by atoms with van der Waals surface area (Å²) in [5, 5.41) is 9.13. The second-order valence-electron chi connectivity index (χ2n) is 5.23. The van der Waals surface area contributed by atoms with E-state index in [9.17, 15) is 13.2 Å². The third kappa shape index (κ3) is 2.24. The molecule has 0 aromatic heterocycles. The zero-order valence-corrected chi connectivity index (χ0v) is 12.2. The molecule has 1 aromatic rings. The average Bonchev–Trinajstić information content (AvgIpc) is 3.03. The summed E-state index contributed by atoms with van der Waals surface area (Å²) >= 11 is 0. The maximum Gasteiger partial charge on any atom is 0.308 e. The molecule has 1 N–H and O–H groups in total. The number of ether oxygens (including phenoxy) is 2. The maximum absolute atomic E-state index is 12.7. The van der Waals surface area contributed by atoms with E-state index in [-0.39, 0.29) is 36.4 Å². The zero-order valence-electron chi connectivity index (χ0n) is 11.4. The van der Waals surface area contributed by atoms with E-state index < -0.39 is 21.9 Å². The minimum Gasteiger partial charge on any atom is -0.481 e. The molecule has 7 nitrogen and oxygen atoms in total. The predicted molar refractivity (Wildman–Crippen MR) is 71.6 cm³/mol. The summed E-state index contributed by atoms with van der Waals surface area (Å²) in [6, 6.07) is 4.66. The number of carboxylic acids is 1. The number of carboxylic acid groups (broad SMARTS) is 1. The molecule has 114 valence electrons. The highest BCUT2D eigenvalue weighted by Crippen LogP contribution is 2.40. The molecular formula is C13H15NO6S. The summed E-state index contributed by atoms with van der Waals surface area (Å²) in [6.45, 7) is 1.88. The van der Waals surface area contributed by atoms with Crippen molar-refractivity contribution in [3.63, 3.8) is 0 Å². The van der Waals surface area contributed by atoms with Crippen LogP contribution in [0.5, 0.6) is 11.5 Å². The Bertz CT molecular complexity index is 686. The van der Waals surface area contributed by atoms with Crippen LogP contribution in [0.4, 0.5) is 0 Å². The number of fused-ring (bicyclic) bond motifs is 1. The van der Waals surface area contributed by atoms with E-state index in [0.717, 1.165) is 0 Å². The number of para-hydroxylation sites is 1. The van der Waals surface area contributed by atoms with Gasteiger partial charge in [-0.25, -0.2) is 8.42 Å². The lowest BCUT2D eigenvalue weighted by molar-refractivity contribution is -0.142. The van der Waals surface area contributed by atoms with E-state index in [1.165, 1.54) is 10.4 Å². The first-order chi connectivity index (χ1) is 9.91. The van der Waals surface area contributed by atoms with E-state index in [2.05, 4.69) is 0 Å². The fourth-order valence-corrected chi connectivity index (χ4v) is 4.40. The van der Waals surface area contributed by atoms with Crippen molar-refractivity contribution in [1.82, 2.24) is 4.31 Å². The number of sulfonamides is 1. The highest BCUT2D eigenvalue weighted by atomic mass is 32.2. The minimum atomic E-state index is -3.80. The Balaban J connectivity index is 1.96. The van der Waals surface area contributed by atoms with E-state index in [0.29, 0.717) is 5.75 Å². The van der Waals surface area contributed by atoms with Crippen LogP contribution < -0.4 is 9.47 Å². The average molecular weight is 313 g/mol. The Labute approximate surface area is 122 Å². The number of nitrogens with zero attached hydrogens (tertiary/aromatic N) is 1. The molecule has 21 heavy (non-hydrogen) atoms. The van der Waals surface area contributed by atoms with Crippen LogP contribution in [0, 0.1) is 11.8 Å². The molecule has 3 rings (SSSR count). The van der Waals surface area contributed by atoms with Gasteiger partial charge in [0.15, 0.2) is 11.5 Å². The quantitative estimate of drug-likeness (QED) is 0.885. The van der Waals surface area contributed by atoms with Crippen LogP contribution in [0.3, 0.4) is 0 Å². The van der Waals surface area contributed by atoms with Gasteiger partial charge in [0.05, 0.1) is 5.92 Å². The molecule has 0 unspecified atom stereocenters. The van der Waals surface area contributed by atoms with Crippen molar-refractivity contribution in [3.8, 4) is 11.5 Å². The molecule has 1 aromatic carbocycles. The van der Waals surface area contributed by atoms with Crippen molar-refractivity contribution in [3.05, 3.63) is 18.2 Å². The standard InChI is InChI=1S/C13H15NO6S/c1-8-5-14(6-9(8)13(15)16)21(17,18)11-4-2-3-10-12(11)20-7-19-10/h2-4,8-9H,5-7H2,1H3,(H,15,16)/t8-,9-/m1/s1. The van der Waals surface area contributed by atoms with Crippen molar-refractivity contribution in [2.24, 2.45) is 11.8 Å². The van der Waals surface area contributed by atoms with E-state index >= 15 is 0 Å². The Morgan fingerprint density at radius 1 is 1.33 bits per heavy atom. The van der Waals surface area contributed by atoms with Crippen LogP contribution >= 0.6 is 0 Å². The molecule has 0 amide bonds. The fourth-order valence-electron chi connectivity index (χ4n) is 2.69. The topological polar surface area (TPSA) is 93.1 Å². The Morgan fingerprint density at radius 3 is 2.76 bits per heavy atom. The highest BCUT2D eigenvalue weighted by Gasteiger charge is 2.42. The van der Waals surface area contributed by atoms with Crippen molar-refractivity contribution < 1.29 is 27.8 Å². The van der Waals surface area contributed by atoms with Gasteiger partial charge in [-0.15, -0.1) is 0 Å². The monoisotopic (exact) mass is 313 g/mol. The number of carbonyl (C=O) groups is 1. The normalized spacial score (nSPS) is 25.2. The summed E-state index contributed by atoms with van der Waals surface area (Å²) in [5.41, 5.74) is 0. The molecule has 1 fully saturated rings. The molecule has 8 heteroatoms. The Kier molecular flexibility index (Phi) is 3.29. The molecule has 2 heterocycles. The van der Waals surface area contributed by atoms with Crippen molar-refractivity contribution in [2.75, 3.05) is 19.9 Å². The predicted octanol–water partition coefficient (Wildman–Crippen LogP) is 0.757. The number of rotatable bonds is 3. The molecule has 0 bridgehead atoms. The molecular weight excluding hydrogens is 298 g/mol. The number of hydrogen-bond acceptors (Lipinski definition) is 5. The Morgan fingerprint density at radius 2 is 2.10 bits per heavy atom. The molecule has 2 aliphatic heterocycles. The van der Waals surface area contributed by atoms with Gasteiger partial charge in [-0.1, -0.05) is 13.0 Å². The fraction of sp³-hybridized carbons (Fsp3) is 0.462. The van der Waals surface area contributed by atoms with Gasteiger partial charge in [0.1, 0.15) is 4.90 Å². The van der Waals surface area contributed by atoms with Crippen LogP contribution in [0.15, 0.2) is 23.1 Å². The van der Waals surface area contributed by atoms with Gasteiger partial charge in [0.25, 0.3) is 0 Å². The molecule has 0 radical (unpaired) electrons. The Hall–Kier alpha value is -1.80. The van der Waals surface area contributed by atoms with Crippen LogP contribution in [-0.4, -0.2) is 43.7 Å². The van der Waals surface area contributed by atoms with Crippen LogP contribution in [-0.2, 0) is 14.8 Å². The second kappa shape index (κ2) is 4.88. The third-order valence-electron chi connectivity index (χ3n) is 3.87. The van der Waals surface area contributed by atoms with Gasteiger partial charge in [0, 0.05) is 13.1 Å². The molecule has 1 saturated heterocycles. The summed E-state index contributed by atoms with van der Waals surface area (Å²) in [5.74, 6) is -1.31. The summed E-state index contributed by atoms with van der Waals surface area (Å²) in [6.07, 6.45) is 0. The van der Waals surface area contributed by atoms with Gasteiger partial charge in [-0.2, -0.15) is 4.31 Å². The summed E-state index contributed by atoms with van der Waals surface area (Å²) in [4.78, 5) is 11.2. The van der Waals surface area contributed by atoms with Crippen molar-refractivity contribution >= 4 is 16.0 Å². The second-order valence-corrected chi connectivity index (χ2v) is 7.14. The SMILES string of the molecule is C[C@@H]1CN(S(=O)(=O)c2cccc3c2OCO3)C[C@H]1C(=O)O. The minimum absolute atomic E-state index is 0.0178. The largest absolute Gasteiger partial charge is 0.481 e. The van der Waals surface area contributed by atoms with E-state index in [4.69, 9.17) is 14.6 Å². The molecule has 2 aliphatic rings. The van der Waals surface area contributed by atoms with Gasteiger partial charge in [0.2, 0.25) is 16.8 Å². The van der Waals surface area contributed by atoms with Gasteiger partial charge < -0.3 is 14.6 Å². The van der Waals surface area contributed by atoms with Gasteiger partial charge >= 0.3 is 5.97 Å². The van der Waals surface area contributed by atoms with E-state index in [1.54, 1.807) is 19.1 Å². The molecule has 0 spiro atoms. The summed E-state index contributed by atoms with van der Waals surface area (Å²) in [7, 11) is -3.80. The molecule has 0 aliphatic carbocycles. The molecule has 0 saturated carbocycles. The van der Waals surface area contributed by atoms with Gasteiger partial charge in [-0.05, 0) is 18.1 Å². The first-order valence-electron chi connectivity index (χ1n) is 6.53. The smallest absolute Gasteiger partial charge is 0.308 e. The number of hydrogen-bond donors (Lipinski definition) is 1. The third-order valence-corrected chi connectivity index (χ3v) is 5.73.